The predicted octanol–water partition coefficient (Wildman–Crippen LogP) is 3.07. The Hall–Kier alpha value is -2.37. The zero-order chi connectivity index (χ0) is 20.2. The molecule has 6 heteroatoms. The maximum absolute atomic E-state index is 12.9. The zero-order valence-electron chi connectivity index (χ0n) is 16.9. The van der Waals surface area contributed by atoms with E-state index in [0.29, 0.717) is 5.56 Å². The average molecular weight is 396 g/mol. The van der Waals surface area contributed by atoms with Crippen LogP contribution >= 0.6 is 0 Å². The van der Waals surface area contributed by atoms with Gasteiger partial charge in [-0.2, -0.15) is 0 Å². The number of amides is 4. The van der Waals surface area contributed by atoms with Crippen LogP contribution in [-0.4, -0.2) is 35.3 Å². The van der Waals surface area contributed by atoms with E-state index in [9.17, 15) is 14.4 Å². The van der Waals surface area contributed by atoms with E-state index in [4.69, 9.17) is 0 Å². The van der Waals surface area contributed by atoms with E-state index >= 15 is 0 Å². The van der Waals surface area contributed by atoms with Crippen molar-refractivity contribution in [2.45, 2.75) is 58.0 Å². The Morgan fingerprint density at radius 2 is 1.69 bits per heavy atom. The first-order valence-corrected chi connectivity index (χ1v) is 10.9. The summed E-state index contributed by atoms with van der Waals surface area (Å²) in [6, 6.07) is 7.05. The molecule has 0 aromatic heterocycles. The van der Waals surface area contributed by atoms with Gasteiger partial charge in [0.05, 0.1) is 13.1 Å². The molecular formula is C23H29N3O3. The molecule has 4 saturated carbocycles. The van der Waals surface area contributed by atoms with E-state index in [-0.39, 0.29) is 42.4 Å². The van der Waals surface area contributed by atoms with Gasteiger partial charge in [0.25, 0.3) is 5.91 Å². The molecule has 0 spiro atoms. The molecular weight excluding hydrogens is 366 g/mol. The van der Waals surface area contributed by atoms with E-state index in [0.717, 1.165) is 23.3 Å². The Balaban J connectivity index is 1.23. The summed E-state index contributed by atoms with van der Waals surface area (Å²) in [4.78, 5) is 37.5. The van der Waals surface area contributed by atoms with Crippen LogP contribution in [0.3, 0.4) is 0 Å². The van der Waals surface area contributed by atoms with E-state index in [2.05, 4.69) is 17.6 Å². The molecule has 1 aromatic rings. The number of rotatable bonds is 5. The van der Waals surface area contributed by atoms with Crippen LogP contribution in [0.4, 0.5) is 4.79 Å². The zero-order valence-corrected chi connectivity index (χ0v) is 16.9. The molecule has 0 radical (unpaired) electrons. The van der Waals surface area contributed by atoms with Crippen LogP contribution in [0.2, 0.25) is 0 Å². The largest absolute Gasteiger partial charge is 0.349 e. The number of hydrogen-bond donors (Lipinski definition) is 2. The summed E-state index contributed by atoms with van der Waals surface area (Å²) < 4.78 is 0. The number of nitrogens with zero attached hydrogens (tertiary/aromatic N) is 1. The summed E-state index contributed by atoms with van der Waals surface area (Å²) in [7, 11) is 0. The standard InChI is InChI=1S/C23H29N3O3/c1-14(23-9-16-6-17(10-23)8-18(7-16)11-23)25-21(28)19-4-2-15(3-5-19)13-26-20(27)12-24-22(26)29/h2-5,14,16-18H,6-13H2,1H3,(H,24,29)(H,25,28)/t14-,16?,17?,18?,23?/m1/s1. The summed E-state index contributed by atoms with van der Waals surface area (Å²) >= 11 is 0. The van der Waals surface area contributed by atoms with Gasteiger partial charge in [-0.1, -0.05) is 12.1 Å². The first-order chi connectivity index (χ1) is 13.9. The van der Waals surface area contributed by atoms with Crippen molar-refractivity contribution in [1.29, 1.82) is 0 Å². The van der Waals surface area contributed by atoms with Gasteiger partial charge in [-0.25, -0.2) is 4.79 Å². The van der Waals surface area contributed by atoms with Crippen LogP contribution < -0.4 is 10.6 Å². The first-order valence-electron chi connectivity index (χ1n) is 10.9. The predicted molar refractivity (Wildman–Crippen MR) is 108 cm³/mol. The number of urea groups is 1. The van der Waals surface area contributed by atoms with Crippen LogP contribution in [0.25, 0.3) is 0 Å². The summed E-state index contributed by atoms with van der Waals surface area (Å²) in [5.41, 5.74) is 1.75. The molecule has 5 fully saturated rings. The van der Waals surface area contributed by atoms with Crippen molar-refractivity contribution in [3.05, 3.63) is 35.4 Å². The second kappa shape index (κ2) is 6.85. The molecule has 154 valence electrons. The van der Waals surface area contributed by atoms with Gasteiger partial charge in [0.2, 0.25) is 5.91 Å². The molecule has 1 aliphatic heterocycles. The van der Waals surface area contributed by atoms with Gasteiger partial charge in [0.1, 0.15) is 0 Å². The minimum absolute atomic E-state index is 0.0326. The van der Waals surface area contributed by atoms with Gasteiger partial charge in [0, 0.05) is 11.6 Å². The second-order valence-electron chi connectivity index (χ2n) is 9.81. The number of nitrogens with one attached hydrogen (secondary N) is 2. The number of benzene rings is 1. The van der Waals surface area contributed by atoms with Gasteiger partial charge >= 0.3 is 6.03 Å². The Bertz CT molecular complexity index is 796. The Kier molecular flexibility index (Phi) is 4.41. The molecule has 2 N–H and O–H groups in total. The van der Waals surface area contributed by atoms with Crippen molar-refractivity contribution in [1.82, 2.24) is 15.5 Å². The fourth-order valence-electron chi connectivity index (χ4n) is 6.70. The highest BCUT2D eigenvalue weighted by atomic mass is 16.2. The molecule has 1 saturated heterocycles. The third-order valence-corrected chi connectivity index (χ3v) is 7.85. The summed E-state index contributed by atoms with van der Waals surface area (Å²) in [5.74, 6) is 2.34. The quantitative estimate of drug-likeness (QED) is 0.752. The van der Waals surface area contributed by atoms with E-state index in [1.807, 2.05) is 12.1 Å². The molecule has 6 nitrogen and oxygen atoms in total. The van der Waals surface area contributed by atoms with Crippen LogP contribution in [-0.2, 0) is 11.3 Å². The van der Waals surface area contributed by atoms with Crippen molar-refractivity contribution >= 4 is 17.8 Å². The fourth-order valence-corrected chi connectivity index (χ4v) is 6.70. The normalized spacial score (nSPS) is 33.7. The monoisotopic (exact) mass is 395 g/mol. The minimum atomic E-state index is -0.360. The average Bonchev–Trinajstić information content (AvgIpc) is 2.99. The SMILES string of the molecule is C[C@@H](NC(=O)c1ccc(CN2C(=O)CNC2=O)cc1)C12CC3CC(CC(C3)C1)C2. The topological polar surface area (TPSA) is 78.5 Å². The van der Waals surface area contributed by atoms with Crippen LogP contribution in [0.1, 0.15) is 61.4 Å². The summed E-state index contributed by atoms with van der Waals surface area (Å²) in [5, 5.41) is 5.81. The fraction of sp³-hybridized carbons (Fsp3) is 0.609. The lowest BCUT2D eigenvalue weighted by atomic mass is 9.48. The van der Waals surface area contributed by atoms with Crippen molar-refractivity contribution in [2.24, 2.45) is 23.2 Å². The third-order valence-electron chi connectivity index (χ3n) is 7.85. The van der Waals surface area contributed by atoms with Crippen molar-refractivity contribution in [2.75, 3.05) is 6.54 Å². The smallest absolute Gasteiger partial charge is 0.324 e. The molecule has 4 amide bonds. The lowest BCUT2D eigenvalue weighted by molar-refractivity contribution is -0.125. The van der Waals surface area contributed by atoms with Gasteiger partial charge in [-0.3, -0.25) is 14.5 Å². The highest BCUT2D eigenvalue weighted by molar-refractivity contribution is 6.01. The van der Waals surface area contributed by atoms with E-state index in [1.165, 1.54) is 43.4 Å². The molecule has 6 rings (SSSR count). The van der Waals surface area contributed by atoms with Crippen LogP contribution in [0, 0.1) is 23.2 Å². The molecule has 4 bridgehead atoms. The molecule has 29 heavy (non-hydrogen) atoms. The maximum atomic E-state index is 12.9. The number of hydrogen-bond acceptors (Lipinski definition) is 3. The first kappa shape index (κ1) is 18.6. The summed E-state index contributed by atoms with van der Waals surface area (Å²) in [6.07, 6.45) is 8.01. The van der Waals surface area contributed by atoms with Gasteiger partial charge in [0.15, 0.2) is 0 Å². The Morgan fingerprint density at radius 1 is 1.10 bits per heavy atom. The molecule has 1 aromatic carbocycles. The molecule has 5 aliphatic rings. The molecule has 0 unspecified atom stereocenters. The van der Waals surface area contributed by atoms with E-state index in [1.54, 1.807) is 12.1 Å². The number of carbonyl (C=O) groups is 3. The highest BCUT2D eigenvalue weighted by Gasteiger charge is 2.53. The molecule has 4 aliphatic carbocycles. The van der Waals surface area contributed by atoms with E-state index < -0.39 is 0 Å². The highest BCUT2D eigenvalue weighted by Crippen LogP contribution is 2.61. The molecule has 1 heterocycles. The summed E-state index contributed by atoms with van der Waals surface area (Å²) in [6.45, 7) is 2.48. The Labute approximate surface area is 171 Å². The minimum Gasteiger partial charge on any atom is -0.349 e. The lowest BCUT2D eigenvalue weighted by Gasteiger charge is -2.59. The van der Waals surface area contributed by atoms with Gasteiger partial charge < -0.3 is 10.6 Å². The third kappa shape index (κ3) is 3.32. The van der Waals surface area contributed by atoms with Crippen LogP contribution in [0.5, 0.6) is 0 Å². The lowest BCUT2D eigenvalue weighted by Crippen LogP contribution is -2.55. The van der Waals surface area contributed by atoms with Crippen LogP contribution in [0.15, 0.2) is 24.3 Å². The van der Waals surface area contributed by atoms with Gasteiger partial charge in [-0.05, 0) is 86.3 Å². The Morgan fingerprint density at radius 3 is 2.21 bits per heavy atom. The second-order valence-corrected chi connectivity index (χ2v) is 9.81. The van der Waals surface area contributed by atoms with Crippen molar-refractivity contribution in [3.8, 4) is 0 Å². The number of imide groups is 1. The maximum Gasteiger partial charge on any atom is 0.324 e. The number of carbonyl (C=O) groups excluding carboxylic acids is 3. The molecule has 1 atom stereocenters. The van der Waals surface area contributed by atoms with Gasteiger partial charge in [-0.15, -0.1) is 0 Å². The van der Waals surface area contributed by atoms with Crippen molar-refractivity contribution in [3.63, 3.8) is 0 Å². The van der Waals surface area contributed by atoms with Crippen molar-refractivity contribution < 1.29 is 14.4 Å².